The fraction of sp³-hybridized carbons (Fsp3) is 0.500. The number of ketones is 4. The Bertz CT molecular complexity index is 641. The van der Waals surface area contributed by atoms with Crippen LogP contribution in [0.3, 0.4) is 0 Å². The molecule has 0 spiro atoms. The lowest BCUT2D eigenvalue weighted by Gasteiger charge is -2.16. The molecule has 2 unspecified atom stereocenters. The van der Waals surface area contributed by atoms with Crippen molar-refractivity contribution in [3.8, 4) is 0 Å². The highest BCUT2D eigenvalue weighted by atomic mass is 16.5. The Labute approximate surface area is 162 Å². The highest BCUT2D eigenvalue weighted by Gasteiger charge is 2.19. The molecular weight excluding hydrogens is 368 g/mol. The van der Waals surface area contributed by atoms with Crippen LogP contribution in [0.15, 0.2) is 24.3 Å². The zero-order chi connectivity index (χ0) is 21.1. The van der Waals surface area contributed by atoms with Gasteiger partial charge in [0.25, 0.3) is 0 Å². The maximum Gasteiger partial charge on any atom is 0.331 e. The van der Waals surface area contributed by atoms with E-state index in [0.717, 1.165) is 24.3 Å². The molecule has 0 radical (unpaired) electrons. The van der Waals surface area contributed by atoms with Crippen LogP contribution in [-0.2, 0) is 38.2 Å². The Balaban J connectivity index is 2.95. The normalized spacial score (nSPS) is 24.8. The number of Topliss-reactive ketones (excluding diaryl/α,β-unsaturated/α-hetero) is 2. The van der Waals surface area contributed by atoms with E-state index in [9.17, 15) is 28.8 Å². The van der Waals surface area contributed by atoms with Crippen LogP contribution in [0.4, 0.5) is 0 Å². The molecular formula is C20H24O8. The highest BCUT2D eigenvalue weighted by molar-refractivity contribution is 5.97. The van der Waals surface area contributed by atoms with Gasteiger partial charge in [0.2, 0.25) is 0 Å². The third kappa shape index (κ3) is 10.3. The van der Waals surface area contributed by atoms with Crippen LogP contribution in [-0.4, -0.2) is 47.3 Å². The number of esters is 2. The standard InChI is InChI=1S/C20H24O8/c1-13(21)11-17-7-3-15(23)6-10-20(26)28-18(12-14(2)22)8-4-16(24)5-9-19(25)27-17/h5-6,9-10,17-18H,3-4,7-8,11-12H2,1-2H3/b9-5-,10-6+. The van der Waals surface area contributed by atoms with E-state index in [2.05, 4.69) is 0 Å². The molecule has 0 saturated carbocycles. The summed E-state index contributed by atoms with van der Waals surface area (Å²) in [6.45, 7) is 2.67. The minimum atomic E-state index is -0.804. The number of ether oxygens (including phenoxy) is 2. The maximum absolute atomic E-state index is 11.9. The van der Waals surface area contributed by atoms with Crippen LogP contribution >= 0.6 is 0 Å². The number of cyclic esters (lactones) is 2. The third-order valence-corrected chi connectivity index (χ3v) is 3.83. The molecule has 1 aliphatic rings. The lowest BCUT2D eigenvalue weighted by Crippen LogP contribution is -2.22. The average Bonchev–Trinajstić information content (AvgIpc) is 2.59. The van der Waals surface area contributed by atoms with E-state index in [0.29, 0.717) is 0 Å². The molecule has 1 rings (SSSR count). The van der Waals surface area contributed by atoms with E-state index in [1.807, 2.05) is 0 Å². The molecule has 0 aromatic carbocycles. The molecule has 0 aromatic heterocycles. The summed E-state index contributed by atoms with van der Waals surface area (Å²) in [7, 11) is 0. The van der Waals surface area contributed by atoms with Crippen molar-refractivity contribution in [2.45, 2.75) is 64.6 Å². The van der Waals surface area contributed by atoms with Gasteiger partial charge in [-0.3, -0.25) is 19.2 Å². The predicted molar refractivity (Wildman–Crippen MR) is 97.1 cm³/mol. The number of allylic oxidation sites excluding steroid dienone is 2. The summed E-state index contributed by atoms with van der Waals surface area (Å²) in [5.41, 5.74) is 0. The SMILES string of the molecule is CC(=O)CC1CCC(=O)/C=C/C(=O)OC(CC(C)=O)CCC(=O)/C=C\C(=O)O1. The van der Waals surface area contributed by atoms with Gasteiger partial charge >= 0.3 is 11.9 Å². The number of hydrogen-bond acceptors (Lipinski definition) is 8. The van der Waals surface area contributed by atoms with Crippen LogP contribution in [0.2, 0.25) is 0 Å². The van der Waals surface area contributed by atoms with Gasteiger partial charge in [0.05, 0.1) is 0 Å². The molecule has 0 aromatic rings. The summed E-state index contributed by atoms with van der Waals surface area (Å²) < 4.78 is 10.3. The number of rotatable bonds is 4. The molecule has 152 valence electrons. The van der Waals surface area contributed by atoms with Gasteiger partial charge in [0, 0.05) is 37.8 Å². The van der Waals surface area contributed by atoms with Gasteiger partial charge in [-0.15, -0.1) is 0 Å². The molecule has 0 amide bonds. The smallest absolute Gasteiger partial charge is 0.331 e. The van der Waals surface area contributed by atoms with Crippen molar-refractivity contribution in [1.29, 1.82) is 0 Å². The van der Waals surface area contributed by atoms with Crippen LogP contribution in [0.5, 0.6) is 0 Å². The molecule has 0 bridgehead atoms. The summed E-state index contributed by atoms with van der Waals surface area (Å²) in [6.07, 6.45) is 2.36. The van der Waals surface area contributed by atoms with Crippen LogP contribution in [0.1, 0.15) is 52.4 Å². The molecule has 1 aliphatic heterocycles. The van der Waals surface area contributed by atoms with Gasteiger partial charge in [0.1, 0.15) is 23.8 Å². The van der Waals surface area contributed by atoms with Crippen molar-refractivity contribution in [1.82, 2.24) is 0 Å². The summed E-state index contributed by atoms with van der Waals surface area (Å²) in [5, 5.41) is 0. The van der Waals surface area contributed by atoms with Crippen molar-refractivity contribution in [2.75, 3.05) is 0 Å². The molecule has 0 N–H and O–H groups in total. The second-order valence-corrected chi connectivity index (χ2v) is 6.61. The van der Waals surface area contributed by atoms with Crippen molar-refractivity contribution >= 4 is 35.1 Å². The maximum atomic E-state index is 11.9. The minimum Gasteiger partial charge on any atom is -0.459 e. The van der Waals surface area contributed by atoms with Gasteiger partial charge in [-0.1, -0.05) is 0 Å². The lowest BCUT2D eigenvalue weighted by molar-refractivity contribution is -0.145. The Hall–Kier alpha value is -2.90. The summed E-state index contributed by atoms with van der Waals surface area (Å²) >= 11 is 0. The molecule has 28 heavy (non-hydrogen) atoms. The number of hydrogen-bond donors (Lipinski definition) is 0. The fourth-order valence-electron chi connectivity index (χ4n) is 2.55. The average molecular weight is 392 g/mol. The summed E-state index contributed by atoms with van der Waals surface area (Å²) in [5.74, 6) is -2.81. The second-order valence-electron chi connectivity index (χ2n) is 6.61. The summed E-state index contributed by atoms with van der Waals surface area (Å²) in [4.78, 5) is 70.2. The molecule has 2 atom stereocenters. The molecule has 0 fully saturated rings. The van der Waals surface area contributed by atoms with E-state index in [1.165, 1.54) is 13.8 Å². The van der Waals surface area contributed by atoms with Gasteiger partial charge in [-0.05, 0) is 38.8 Å². The van der Waals surface area contributed by atoms with E-state index in [-0.39, 0.29) is 50.1 Å². The zero-order valence-electron chi connectivity index (χ0n) is 16.0. The Morgan fingerprint density at radius 1 is 0.750 bits per heavy atom. The quantitative estimate of drug-likeness (QED) is 0.661. The molecule has 1 heterocycles. The molecule has 8 nitrogen and oxygen atoms in total. The minimum absolute atomic E-state index is 0.0471. The zero-order valence-corrected chi connectivity index (χ0v) is 16.0. The van der Waals surface area contributed by atoms with Crippen molar-refractivity contribution in [3.63, 3.8) is 0 Å². The van der Waals surface area contributed by atoms with Crippen LogP contribution in [0, 0.1) is 0 Å². The first kappa shape index (κ1) is 23.1. The van der Waals surface area contributed by atoms with E-state index >= 15 is 0 Å². The van der Waals surface area contributed by atoms with E-state index < -0.39 is 35.7 Å². The van der Waals surface area contributed by atoms with Crippen molar-refractivity contribution in [2.24, 2.45) is 0 Å². The first-order valence-corrected chi connectivity index (χ1v) is 8.97. The first-order chi connectivity index (χ1) is 13.2. The lowest BCUT2D eigenvalue weighted by atomic mass is 10.1. The van der Waals surface area contributed by atoms with Gasteiger partial charge in [0.15, 0.2) is 11.6 Å². The van der Waals surface area contributed by atoms with E-state index in [1.54, 1.807) is 0 Å². The monoisotopic (exact) mass is 392 g/mol. The Kier molecular flexibility index (Phi) is 9.70. The van der Waals surface area contributed by atoms with Crippen molar-refractivity contribution in [3.05, 3.63) is 24.3 Å². The van der Waals surface area contributed by atoms with Gasteiger partial charge in [-0.2, -0.15) is 0 Å². The summed E-state index contributed by atoms with van der Waals surface area (Å²) in [6, 6.07) is 0. The van der Waals surface area contributed by atoms with Gasteiger partial charge < -0.3 is 9.47 Å². The van der Waals surface area contributed by atoms with Crippen LogP contribution in [0.25, 0.3) is 0 Å². The largest absolute Gasteiger partial charge is 0.459 e. The topological polar surface area (TPSA) is 121 Å². The first-order valence-electron chi connectivity index (χ1n) is 8.97. The van der Waals surface area contributed by atoms with Crippen molar-refractivity contribution < 1.29 is 38.2 Å². The fourth-order valence-corrected chi connectivity index (χ4v) is 2.55. The highest BCUT2D eigenvalue weighted by Crippen LogP contribution is 2.12. The van der Waals surface area contributed by atoms with Gasteiger partial charge in [-0.25, -0.2) is 9.59 Å². The number of carbonyl (C=O) groups is 6. The predicted octanol–water partition coefficient (Wildman–Crippen LogP) is 1.59. The third-order valence-electron chi connectivity index (χ3n) is 3.83. The molecule has 0 aliphatic carbocycles. The second kappa shape index (κ2) is 11.7. The Morgan fingerprint density at radius 3 is 1.43 bits per heavy atom. The molecule has 0 saturated heterocycles. The molecule has 8 heteroatoms. The van der Waals surface area contributed by atoms with E-state index in [4.69, 9.17) is 9.47 Å². The number of carbonyl (C=O) groups excluding carboxylic acids is 6. The Morgan fingerprint density at radius 2 is 1.11 bits per heavy atom. The van der Waals surface area contributed by atoms with Crippen LogP contribution < -0.4 is 0 Å².